The fourth-order valence-corrected chi connectivity index (χ4v) is 3.38. The number of aliphatic hydroxyl groups excluding tert-OH is 2. The highest BCUT2D eigenvalue weighted by Gasteiger charge is 2.52. The largest absolute Gasteiger partial charge is 0.498 e. The molecule has 29 heavy (non-hydrogen) atoms. The van der Waals surface area contributed by atoms with Crippen LogP contribution in [0.4, 0.5) is 0 Å². The molecule has 0 aromatic carbocycles. The maximum atomic E-state index is 12.0. The molecule has 3 heterocycles. The van der Waals surface area contributed by atoms with Crippen LogP contribution in [0.5, 0.6) is 6.01 Å². The minimum absolute atomic E-state index is 0.116. The third kappa shape index (κ3) is 4.88. The molecule has 2 aliphatic rings. The molecule has 0 spiro atoms. The Hall–Kier alpha value is -1.75. The lowest BCUT2D eigenvalue weighted by atomic mass is 9.81. The van der Waals surface area contributed by atoms with Crippen LogP contribution >= 0.6 is 0 Å². The summed E-state index contributed by atoms with van der Waals surface area (Å²) in [5.41, 5.74) is -0.134. The number of rotatable bonds is 6. The quantitative estimate of drug-likeness (QED) is 0.621. The van der Waals surface area contributed by atoms with E-state index in [1.54, 1.807) is 17.3 Å². The molecule has 2 fully saturated rings. The van der Waals surface area contributed by atoms with Crippen molar-refractivity contribution in [3.63, 3.8) is 0 Å². The standard InChI is InChI=1S/C19H30BN3O6/c1-18(2)19(3,4)29-20(28-18)14-8-21-17(22-9-14)27-12-13-6-5-7-23(10-13)16(26)15(25)11-24/h8-9,13,15,24-25H,5-7,10-12H2,1-4H3/t13-,15-/m1/s1. The normalized spacial score (nSPS) is 24.4. The van der Waals surface area contributed by atoms with Crippen molar-refractivity contribution in [2.75, 3.05) is 26.3 Å². The molecular weight excluding hydrogens is 377 g/mol. The molecule has 0 radical (unpaired) electrons. The molecule has 0 unspecified atom stereocenters. The first kappa shape index (κ1) is 22.0. The van der Waals surface area contributed by atoms with Gasteiger partial charge in [-0.05, 0) is 40.5 Å². The summed E-state index contributed by atoms with van der Waals surface area (Å²) in [6, 6.07) is 0.254. The van der Waals surface area contributed by atoms with Crippen molar-refractivity contribution in [2.45, 2.75) is 57.8 Å². The minimum Gasteiger partial charge on any atom is -0.463 e. The second-order valence-corrected chi connectivity index (χ2v) is 8.69. The van der Waals surface area contributed by atoms with E-state index in [2.05, 4.69) is 9.97 Å². The fourth-order valence-electron chi connectivity index (χ4n) is 3.38. The number of nitrogens with zero attached hydrogens (tertiary/aromatic N) is 3. The van der Waals surface area contributed by atoms with Crippen LogP contribution in [0.25, 0.3) is 0 Å². The zero-order valence-electron chi connectivity index (χ0n) is 17.5. The highest BCUT2D eigenvalue weighted by Crippen LogP contribution is 2.36. The molecule has 160 valence electrons. The van der Waals surface area contributed by atoms with Gasteiger partial charge in [-0.25, -0.2) is 9.97 Å². The number of carbonyl (C=O) groups is 1. The molecule has 0 aliphatic carbocycles. The number of hydrogen-bond donors (Lipinski definition) is 2. The van der Waals surface area contributed by atoms with Crippen molar-refractivity contribution in [3.8, 4) is 6.01 Å². The molecule has 10 heteroatoms. The first-order valence-electron chi connectivity index (χ1n) is 10.0. The Morgan fingerprint density at radius 2 is 1.93 bits per heavy atom. The van der Waals surface area contributed by atoms with E-state index in [-0.39, 0.29) is 11.9 Å². The van der Waals surface area contributed by atoms with Crippen LogP contribution < -0.4 is 10.2 Å². The van der Waals surface area contributed by atoms with Crippen LogP contribution in [0, 0.1) is 5.92 Å². The first-order chi connectivity index (χ1) is 13.6. The SMILES string of the molecule is CC1(C)OB(c2cnc(OC[C@@H]3CCCN(C(=O)[C@H](O)CO)C3)nc2)OC1(C)C. The molecule has 9 nitrogen and oxygen atoms in total. The molecule has 1 amide bonds. The summed E-state index contributed by atoms with van der Waals surface area (Å²) in [5.74, 6) is -0.329. The molecule has 1 aromatic rings. The molecule has 0 bridgehead atoms. The summed E-state index contributed by atoms with van der Waals surface area (Å²) >= 11 is 0. The van der Waals surface area contributed by atoms with Gasteiger partial charge in [0.1, 0.15) is 0 Å². The minimum atomic E-state index is -1.36. The van der Waals surface area contributed by atoms with Crippen LogP contribution in [0.1, 0.15) is 40.5 Å². The van der Waals surface area contributed by atoms with Gasteiger partial charge in [0.25, 0.3) is 5.91 Å². The number of piperidine rings is 1. The van der Waals surface area contributed by atoms with Crippen molar-refractivity contribution in [1.82, 2.24) is 14.9 Å². The van der Waals surface area contributed by atoms with Gasteiger partial charge >= 0.3 is 13.1 Å². The summed E-state index contributed by atoms with van der Waals surface area (Å²) in [7, 11) is -0.523. The monoisotopic (exact) mass is 407 g/mol. The zero-order chi connectivity index (χ0) is 21.2. The lowest BCUT2D eigenvalue weighted by Crippen LogP contribution is -2.47. The Morgan fingerprint density at radius 3 is 2.52 bits per heavy atom. The number of ether oxygens (including phenoxy) is 1. The topological polar surface area (TPSA) is 114 Å². The lowest BCUT2D eigenvalue weighted by molar-refractivity contribution is -0.144. The zero-order valence-corrected chi connectivity index (χ0v) is 17.5. The molecule has 1 aromatic heterocycles. The predicted molar refractivity (Wildman–Crippen MR) is 106 cm³/mol. The Kier molecular flexibility index (Phi) is 6.47. The number of hydrogen-bond acceptors (Lipinski definition) is 8. The smallest absolute Gasteiger partial charge is 0.463 e. The van der Waals surface area contributed by atoms with Gasteiger partial charge < -0.3 is 29.2 Å². The number of likely N-dealkylation sites (tertiary alicyclic amines) is 1. The van der Waals surface area contributed by atoms with Crippen molar-refractivity contribution in [2.24, 2.45) is 5.92 Å². The fraction of sp³-hybridized carbons (Fsp3) is 0.737. The summed E-state index contributed by atoms with van der Waals surface area (Å²) < 4.78 is 17.7. The Morgan fingerprint density at radius 1 is 1.31 bits per heavy atom. The lowest BCUT2D eigenvalue weighted by Gasteiger charge is -2.33. The summed E-state index contributed by atoms with van der Waals surface area (Å²) in [6.45, 7) is 8.81. The van der Waals surface area contributed by atoms with Gasteiger partial charge in [0.2, 0.25) is 0 Å². The van der Waals surface area contributed by atoms with Gasteiger partial charge in [-0.2, -0.15) is 0 Å². The van der Waals surface area contributed by atoms with Crippen LogP contribution in [-0.2, 0) is 14.1 Å². The molecule has 2 N–H and O–H groups in total. The Bertz CT molecular complexity index is 698. The third-order valence-corrected chi connectivity index (χ3v) is 5.91. The molecule has 0 saturated carbocycles. The van der Waals surface area contributed by atoms with E-state index in [0.29, 0.717) is 19.7 Å². The van der Waals surface area contributed by atoms with Crippen LogP contribution in [-0.4, -0.2) is 81.7 Å². The Labute approximate surface area is 171 Å². The summed E-state index contributed by atoms with van der Waals surface area (Å²) in [6.07, 6.45) is 3.64. The van der Waals surface area contributed by atoms with E-state index < -0.39 is 36.9 Å². The van der Waals surface area contributed by atoms with E-state index >= 15 is 0 Å². The van der Waals surface area contributed by atoms with Gasteiger partial charge in [-0.1, -0.05) is 0 Å². The van der Waals surface area contributed by atoms with E-state index in [9.17, 15) is 9.90 Å². The maximum absolute atomic E-state index is 12.0. The van der Waals surface area contributed by atoms with E-state index in [1.165, 1.54) is 0 Å². The number of amides is 1. The van der Waals surface area contributed by atoms with E-state index in [1.807, 2.05) is 27.7 Å². The summed E-state index contributed by atoms with van der Waals surface area (Å²) in [5, 5.41) is 18.5. The third-order valence-electron chi connectivity index (χ3n) is 5.91. The molecule has 2 atom stereocenters. The molecular formula is C19H30BN3O6. The molecule has 2 aliphatic heterocycles. The maximum Gasteiger partial charge on any atom is 0.498 e. The van der Waals surface area contributed by atoms with Gasteiger partial charge in [0.15, 0.2) is 6.10 Å². The number of aliphatic hydroxyl groups is 2. The molecule has 2 saturated heterocycles. The average Bonchev–Trinajstić information content (AvgIpc) is 2.93. The van der Waals surface area contributed by atoms with Crippen LogP contribution in [0.15, 0.2) is 12.4 Å². The highest BCUT2D eigenvalue weighted by molar-refractivity contribution is 6.61. The second-order valence-electron chi connectivity index (χ2n) is 8.69. The van der Waals surface area contributed by atoms with Crippen molar-refractivity contribution in [1.29, 1.82) is 0 Å². The van der Waals surface area contributed by atoms with E-state index in [0.717, 1.165) is 18.3 Å². The van der Waals surface area contributed by atoms with Gasteiger partial charge in [0, 0.05) is 36.9 Å². The number of carbonyl (C=O) groups excluding carboxylic acids is 1. The van der Waals surface area contributed by atoms with Crippen LogP contribution in [0.3, 0.4) is 0 Å². The van der Waals surface area contributed by atoms with Gasteiger partial charge in [-0.15, -0.1) is 0 Å². The van der Waals surface area contributed by atoms with Gasteiger partial charge in [-0.3, -0.25) is 4.79 Å². The molecule has 3 rings (SSSR count). The second kappa shape index (κ2) is 8.55. The van der Waals surface area contributed by atoms with E-state index in [4.69, 9.17) is 19.2 Å². The van der Waals surface area contributed by atoms with Crippen LogP contribution in [0.2, 0.25) is 0 Å². The summed E-state index contributed by atoms with van der Waals surface area (Å²) in [4.78, 5) is 22.1. The average molecular weight is 407 g/mol. The first-order valence-corrected chi connectivity index (χ1v) is 10.0. The van der Waals surface area contributed by atoms with Crippen molar-refractivity contribution in [3.05, 3.63) is 12.4 Å². The highest BCUT2D eigenvalue weighted by atomic mass is 16.7. The van der Waals surface area contributed by atoms with Crippen molar-refractivity contribution < 1.29 is 29.1 Å². The predicted octanol–water partition coefficient (Wildman–Crippen LogP) is -0.254. The van der Waals surface area contributed by atoms with Gasteiger partial charge in [0.05, 0.1) is 24.4 Å². The number of aromatic nitrogens is 2. The van der Waals surface area contributed by atoms with Crippen molar-refractivity contribution >= 4 is 18.5 Å². The Balaban J connectivity index is 1.52.